The Morgan fingerprint density at radius 1 is 1.40 bits per heavy atom. The smallest absolute Gasteiger partial charge is 0.251 e. The first-order valence-electron chi connectivity index (χ1n) is 6.22. The number of hydrogen-bond donors (Lipinski definition) is 1. The van der Waals surface area contributed by atoms with Crippen LogP contribution >= 0.6 is 15.9 Å². The molecule has 0 radical (unpaired) electrons. The summed E-state index contributed by atoms with van der Waals surface area (Å²) in [6, 6.07) is 6.90. The standard InChI is InChI=1S/C13H19BrN2O3S/c1-10(2)16(20(3,18)19)8-7-15-13(17)11-5-4-6-12(14)9-11/h4-6,9-10H,7-8H2,1-3H3,(H,15,17). The molecule has 5 nitrogen and oxygen atoms in total. The molecule has 1 amide bonds. The average Bonchev–Trinajstić information content (AvgIpc) is 2.32. The molecule has 7 heteroatoms. The molecule has 0 saturated carbocycles. The second kappa shape index (κ2) is 7.19. The van der Waals surface area contributed by atoms with Crippen molar-refractivity contribution in [2.75, 3.05) is 19.3 Å². The Morgan fingerprint density at radius 2 is 2.05 bits per heavy atom. The number of hydrogen-bond acceptors (Lipinski definition) is 3. The summed E-state index contributed by atoms with van der Waals surface area (Å²) >= 11 is 3.30. The van der Waals surface area contributed by atoms with Crippen LogP contribution in [0.3, 0.4) is 0 Å². The van der Waals surface area contributed by atoms with E-state index in [2.05, 4.69) is 21.2 Å². The molecule has 0 aromatic heterocycles. The summed E-state index contributed by atoms with van der Waals surface area (Å²) in [4.78, 5) is 11.9. The van der Waals surface area contributed by atoms with Crippen molar-refractivity contribution in [1.82, 2.24) is 9.62 Å². The van der Waals surface area contributed by atoms with Gasteiger partial charge in [-0.25, -0.2) is 8.42 Å². The number of sulfonamides is 1. The summed E-state index contributed by atoms with van der Waals surface area (Å²) in [6.07, 6.45) is 1.17. The lowest BCUT2D eigenvalue weighted by atomic mass is 10.2. The molecule has 0 heterocycles. The van der Waals surface area contributed by atoms with Gasteiger partial charge in [-0.1, -0.05) is 22.0 Å². The third kappa shape index (κ3) is 5.22. The van der Waals surface area contributed by atoms with Gasteiger partial charge in [0.15, 0.2) is 0 Å². The van der Waals surface area contributed by atoms with E-state index in [4.69, 9.17) is 0 Å². The van der Waals surface area contributed by atoms with Gasteiger partial charge in [0.2, 0.25) is 10.0 Å². The number of benzene rings is 1. The topological polar surface area (TPSA) is 66.5 Å². The number of carbonyl (C=O) groups excluding carboxylic acids is 1. The molecular formula is C13H19BrN2O3S. The molecule has 1 N–H and O–H groups in total. The maximum Gasteiger partial charge on any atom is 0.251 e. The Kier molecular flexibility index (Phi) is 6.16. The number of amides is 1. The van der Waals surface area contributed by atoms with Gasteiger partial charge in [0.25, 0.3) is 5.91 Å². The van der Waals surface area contributed by atoms with Crippen molar-refractivity contribution >= 4 is 31.9 Å². The lowest BCUT2D eigenvalue weighted by Gasteiger charge is -2.23. The zero-order valence-electron chi connectivity index (χ0n) is 11.8. The first kappa shape index (κ1) is 17.1. The molecule has 1 aromatic carbocycles. The second-order valence-corrected chi connectivity index (χ2v) is 7.58. The number of halogens is 1. The van der Waals surface area contributed by atoms with E-state index in [1.165, 1.54) is 10.6 Å². The van der Waals surface area contributed by atoms with Crippen LogP contribution in [-0.2, 0) is 10.0 Å². The van der Waals surface area contributed by atoms with Crippen molar-refractivity contribution in [3.8, 4) is 0 Å². The number of nitrogens with zero attached hydrogens (tertiary/aromatic N) is 1. The van der Waals surface area contributed by atoms with Crippen molar-refractivity contribution < 1.29 is 13.2 Å². The first-order chi connectivity index (χ1) is 9.21. The lowest BCUT2D eigenvalue weighted by molar-refractivity contribution is 0.0950. The summed E-state index contributed by atoms with van der Waals surface area (Å²) in [7, 11) is -3.26. The van der Waals surface area contributed by atoms with E-state index in [-0.39, 0.29) is 25.0 Å². The molecule has 20 heavy (non-hydrogen) atoms. The van der Waals surface area contributed by atoms with E-state index < -0.39 is 10.0 Å². The van der Waals surface area contributed by atoms with Crippen LogP contribution in [0.25, 0.3) is 0 Å². The molecule has 0 fully saturated rings. The van der Waals surface area contributed by atoms with E-state index in [9.17, 15) is 13.2 Å². The van der Waals surface area contributed by atoms with Crippen molar-refractivity contribution in [2.45, 2.75) is 19.9 Å². The summed E-state index contributed by atoms with van der Waals surface area (Å²) in [5.74, 6) is -0.219. The highest BCUT2D eigenvalue weighted by atomic mass is 79.9. The van der Waals surface area contributed by atoms with Gasteiger partial charge in [-0.15, -0.1) is 0 Å². The molecule has 0 unspecified atom stereocenters. The van der Waals surface area contributed by atoms with Gasteiger partial charge in [0, 0.05) is 29.2 Å². The van der Waals surface area contributed by atoms with Crippen LogP contribution in [0.15, 0.2) is 28.7 Å². The molecule has 0 saturated heterocycles. The van der Waals surface area contributed by atoms with Gasteiger partial charge in [-0.3, -0.25) is 4.79 Å². The van der Waals surface area contributed by atoms with E-state index in [0.29, 0.717) is 5.56 Å². The van der Waals surface area contributed by atoms with E-state index in [1.807, 2.05) is 6.07 Å². The molecule has 0 aliphatic rings. The second-order valence-electron chi connectivity index (χ2n) is 4.73. The largest absolute Gasteiger partial charge is 0.351 e. The summed E-state index contributed by atoms with van der Waals surface area (Å²) in [6.45, 7) is 4.14. The third-order valence-electron chi connectivity index (χ3n) is 2.71. The quantitative estimate of drug-likeness (QED) is 0.839. The highest BCUT2D eigenvalue weighted by molar-refractivity contribution is 9.10. The highest BCUT2D eigenvalue weighted by Crippen LogP contribution is 2.11. The zero-order chi connectivity index (χ0) is 15.3. The minimum atomic E-state index is -3.26. The van der Waals surface area contributed by atoms with E-state index in [1.54, 1.807) is 32.0 Å². The van der Waals surface area contributed by atoms with Crippen LogP contribution in [0.1, 0.15) is 24.2 Å². The van der Waals surface area contributed by atoms with E-state index in [0.717, 1.165) is 4.47 Å². The highest BCUT2D eigenvalue weighted by Gasteiger charge is 2.19. The van der Waals surface area contributed by atoms with Gasteiger partial charge in [-0.05, 0) is 32.0 Å². The van der Waals surface area contributed by atoms with E-state index >= 15 is 0 Å². The third-order valence-corrected chi connectivity index (χ3v) is 4.66. The van der Waals surface area contributed by atoms with Crippen molar-refractivity contribution in [3.63, 3.8) is 0 Å². The molecule has 1 rings (SSSR count). The lowest BCUT2D eigenvalue weighted by Crippen LogP contribution is -2.41. The fourth-order valence-corrected chi connectivity index (χ4v) is 3.41. The zero-order valence-corrected chi connectivity index (χ0v) is 14.2. The molecule has 112 valence electrons. The Bertz CT molecular complexity index is 573. The fraction of sp³-hybridized carbons (Fsp3) is 0.462. The Hall–Kier alpha value is -0.920. The average molecular weight is 363 g/mol. The summed E-state index contributed by atoms with van der Waals surface area (Å²) < 4.78 is 25.3. The maximum atomic E-state index is 11.9. The van der Waals surface area contributed by atoms with Gasteiger partial charge in [0.05, 0.1) is 6.26 Å². The van der Waals surface area contributed by atoms with Gasteiger partial charge < -0.3 is 5.32 Å². The molecule has 0 spiro atoms. The van der Waals surface area contributed by atoms with Gasteiger partial charge >= 0.3 is 0 Å². The molecule has 0 aliphatic carbocycles. The molecule has 0 aliphatic heterocycles. The normalized spacial score (nSPS) is 11.9. The van der Waals surface area contributed by atoms with Crippen LogP contribution in [0.4, 0.5) is 0 Å². The fourth-order valence-electron chi connectivity index (χ4n) is 1.82. The van der Waals surface area contributed by atoms with Crippen LogP contribution < -0.4 is 5.32 Å². The molecular weight excluding hydrogens is 344 g/mol. The van der Waals surface area contributed by atoms with Crippen molar-refractivity contribution in [3.05, 3.63) is 34.3 Å². The predicted molar refractivity (Wildman–Crippen MR) is 83.2 cm³/mol. The molecule has 1 aromatic rings. The SMILES string of the molecule is CC(C)N(CCNC(=O)c1cccc(Br)c1)S(C)(=O)=O. The Labute approximate surface area is 128 Å². The monoisotopic (exact) mass is 362 g/mol. The Balaban J connectivity index is 2.58. The summed E-state index contributed by atoms with van der Waals surface area (Å²) in [5, 5.41) is 2.72. The number of nitrogens with one attached hydrogen (secondary N) is 1. The first-order valence-corrected chi connectivity index (χ1v) is 8.86. The van der Waals surface area contributed by atoms with Crippen LogP contribution in [0, 0.1) is 0 Å². The van der Waals surface area contributed by atoms with Gasteiger partial charge in [0.1, 0.15) is 0 Å². The molecule has 0 bridgehead atoms. The predicted octanol–water partition coefficient (Wildman–Crippen LogP) is 1.85. The van der Waals surface area contributed by atoms with Gasteiger partial charge in [-0.2, -0.15) is 4.31 Å². The van der Waals surface area contributed by atoms with Crippen molar-refractivity contribution in [1.29, 1.82) is 0 Å². The van der Waals surface area contributed by atoms with Crippen LogP contribution in [0.2, 0.25) is 0 Å². The minimum absolute atomic E-state index is 0.132. The number of rotatable bonds is 6. The number of carbonyl (C=O) groups is 1. The van der Waals surface area contributed by atoms with Crippen molar-refractivity contribution in [2.24, 2.45) is 0 Å². The minimum Gasteiger partial charge on any atom is -0.351 e. The molecule has 0 atom stereocenters. The summed E-state index contributed by atoms with van der Waals surface area (Å²) in [5.41, 5.74) is 0.537. The maximum absolute atomic E-state index is 11.9. The van der Waals surface area contributed by atoms with Crippen LogP contribution in [0.5, 0.6) is 0 Å². The Morgan fingerprint density at radius 3 is 2.55 bits per heavy atom. The van der Waals surface area contributed by atoms with Crippen LogP contribution in [-0.4, -0.2) is 44.0 Å².